The number of hydrogen-bond donors (Lipinski definition) is 1. The smallest absolute Gasteiger partial charge is 0.218 e. The van der Waals surface area contributed by atoms with Gasteiger partial charge in [0.05, 0.1) is 6.20 Å². The van der Waals surface area contributed by atoms with E-state index in [0.717, 1.165) is 0 Å². The Morgan fingerprint density at radius 2 is 2.54 bits per heavy atom. The van der Waals surface area contributed by atoms with Crippen molar-refractivity contribution in [2.45, 2.75) is 0 Å². The van der Waals surface area contributed by atoms with Crippen LogP contribution in [0.1, 0.15) is 5.56 Å². The van der Waals surface area contributed by atoms with Crippen LogP contribution in [0.5, 0.6) is 0 Å². The molecule has 1 heterocycles. The highest BCUT2D eigenvalue weighted by molar-refractivity contribution is 5.51. The van der Waals surface area contributed by atoms with Gasteiger partial charge in [0.2, 0.25) is 5.95 Å². The van der Waals surface area contributed by atoms with Crippen LogP contribution in [0, 0.1) is 11.3 Å². The lowest BCUT2D eigenvalue weighted by atomic mass is 10.3. The Balaban J connectivity index is 3.22. The molecule has 7 heteroatoms. The Kier molecular flexibility index (Phi) is 2.63. The van der Waals surface area contributed by atoms with Crippen molar-refractivity contribution in [3.05, 3.63) is 22.2 Å². The summed E-state index contributed by atoms with van der Waals surface area (Å²) in [5.74, 6) is 0.339. The quantitative estimate of drug-likeness (QED) is 0.415. The fourth-order valence-corrected chi connectivity index (χ4v) is 0.733. The molecule has 0 aromatic carbocycles. The third-order valence-electron chi connectivity index (χ3n) is 1.27. The van der Waals surface area contributed by atoms with E-state index >= 15 is 0 Å². The number of nitrogens with zero attached hydrogens (tertiary/aromatic N) is 6. The van der Waals surface area contributed by atoms with Crippen molar-refractivity contribution in [2.24, 2.45) is 5.11 Å². The van der Waals surface area contributed by atoms with Crippen molar-refractivity contribution in [3.8, 4) is 6.07 Å². The molecule has 0 aliphatic heterocycles. The maximum absolute atomic E-state index is 8.60. The molecule has 7 nitrogen and oxygen atoms in total. The summed E-state index contributed by atoms with van der Waals surface area (Å²) in [5, 5.41) is 14.5. The molecule has 1 N–H and O–H groups in total. The highest BCUT2D eigenvalue weighted by Crippen LogP contribution is 2.13. The van der Waals surface area contributed by atoms with E-state index in [9.17, 15) is 0 Å². The minimum Gasteiger partial charge on any atom is -0.372 e. The number of nitriles is 1. The van der Waals surface area contributed by atoms with Gasteiger partial charge in [-0.15, -0.1) is 0 Å². The zero-order valence-electron chi connectivity index (χ0n) is 6.76. The third-order valence-corrected chi connectivity index (χ3v) is 1.27. The highest BCUT2D eigenvalue weighted by atomic mass is 15.2. The molecule has 0 amide bonds. The van der Waals surface area contributed by atoms with Crippen LogP contribution < -0.4 is 5.32 Å². The van der Waals surface area contributed by atoms with E-state index in [-0.39, 0.29) is 5.95 Å². The number of rotatable bonds is 2. The van der Waals surface area contributed by atoms with Gasteiger partial charge in [0.1, 0.15) is 17.5 Å². The third kappa shape index (κ3) is 1.83. The molecule has 0 unspecified atom stereocenters. The fourth-order valence-electron chi connectivity index (χ4n) is 0.733. The normalized spacial score (nSPS) is 8.31. The molecule has 0 bridgehead atoms. The molecule has 0 atom stereocenters. The molecule has 1 aromatic heterocycles. The van der Waals surface area contributed by atoms with Crippen molar-refractivity contribution in [1.29, 1.82) is 5.26 Å². The van der Waals surface area contributed by atoms with Gasteiger partial charge < -0.3 is 5.32 Å². The molecule has 0 radical (unpaired) electrons. The van der Waals surface area contributed by atoms with Crippen molar-refractivity contribution in [1.82, 2.24) is 9.97 Å². The fraction of sp³-hybridized carbons (Fsp3) is 0.167. The number of hydrogen-bond acceptors (Lipinski definition) is 5. The van der Waals surface area contributed by atoms with Crippen LogP contribution in [0.4, 0.5) is 11.8 Å². The molecule has 0 saturated carbocycles. The zero-order chi connectivity index (χ0) is 9.68. The summed E-state index contributed by atoms with van der Waals surface area (Å²) < 4.78 is 0. The second kappa shape index (κ2) is 3.90. The predicted octanol–water partition coefficient (Wildman–Crippen LogP) is 1.33. The van der Waals surface area contributed by atoms with Crippen LogP contribution in [-0.4, -0.2) is 17.0 Å². The lowest BCUT2D eigenvalue weighted by molar-refractivity contribution is 1.11. The lowest BCUT2D eigenvalue weighted by Crippen LogP contribution is -1.96. The van der Waals surface area contributed by atoms with Crippen molar-refractivity contribution in [2.75, 3.05) is 12.4 Å². The Hall–Kier alpha value is -2.32. The maximum atomic E-state index is 8.60. The van der Waals surface area contributed by atoms with Crippen molar-refractivity contribution < 1.29 is 0 Å². The summed E-state index contributed by atoms with van der Waals surface area (Å²) in [6.45, 7) is 0. The summed E-state index contributed by atoms with van der Waals surface area (Å²) in [5.41, 5.74) is 8.41. The van der Waals surface area contributed by atoms with Gasteiger partial charge in [-0.3, -0.25) is 0 Å². The second-order valence-corrected chi connectivity index (χ2v) is 1.98. The molecule has 13 heavy (non-hydrogen) atoms. The topological polar surface area (TPSA) is 110 Å². The van der Waals surface area contributed by atoms with Crippen LogP contribution in [0.15, 0.2) is 11.3 Å². The first-order valence-electron chi connectivity index (χ1n) is 3.31. The van der Waals surface area contributed by atoms with Gasteiger partial charge >= 0.3 is 0 Å². The SMILES string of the molecule is CNc1nc(N=[N+]=[N-])ncc1C#N. The summed E-state index contributed by atoms with van der Waals surface area (Å²) in [6, 6.07) is 1.89. The Morgan fingerprint density at radius 3 is 3.08 bits per heavy atom. The van der Waals surface area contributed by atoms with Gasteiger partial charge in [0.25, 0.3) is 0 Å². The van der Waals surface area contributed by atoms with Gasteiger partial charge in [-0.25, -0.2) is 9.97 Å². The maximum Gasteiger partial charge on any atom is 0.218 e. The van der Waals surface area contributed by atoms with E-state index < -0.39 is 0 Å². The molecule has 1 aromatic rings. The highest BCUT2D eigenvalue weighted by Gasteiger charge is 2.02. The molecule has 0 fully saturated rings. The van der Waals surface area contributed by atoms with Gasteiger partial charge in [0.15, 0.2) is 0 Å². The van der Waals surface area contributed by atoms with E-state index in [1.54, 1.807) is 7.05 Å². The summed E-state index contributed by atoms with van der Waals surface area (Å²) >= 11 is 0. The van der Waals surface area contributed by atoms with Crippen LogP contribution in [0.3, 0.4) is 0 Å². The standard InChI is InChI=1S/C6H5N7/c1-9-5-4(2-7)3-10-6(11-5)12-13-8/h3H,1H3,(H,9,10,11). The van der Waals surface area contributed by atoms with Crippen LogP contribution in [-0.2, 0) is 0 Å². The van der Waals surface area contributed by atoms with Gasteiger partial charge in [0, 0.05) is 12.0 Å². The average molecular weight is 175 g/mol. The Morgan fingerprint density at radius 1 is 1.77 bits per heavy atom. The summed E-state index contributed by atoms with van der Waals surface area (Å²) in [7, 11) is 1.61. The molecule has 0 aliphatic carbocycles. The van der Waals surface area contributed by atoms with Crippen LogP contribution >= 0.6 is 0 Å². The van der Waals surface area contributed by atoms with Crippen molar-refractivity contribution >= 4 is 11.8 Å². The molecule has 0 spiro atoms. The molecule has 0 saturated heterocycles. The first-order valence-corrected chi connectivity index (χ1v) is 3.31. The van der Waals surface area contributed by atoms with Gasteiger partial charge in [-0.2, -0.15) is 5.26 Å². The Labute approximate surface area is 73.7 Å². The molecule has 0 aliphatic rings. The van der Waals surface area contributed by atoms with E-state index in [1.807, 2.05) is 6.07 Å². The number of azide groups is 1. The minimum atomic E-state index is -0.00847. The second-order valence-electron chi connectivity index (χ2n) is 1.98. The van der Waals surface area contributed by atoms with E-state index in [2.05, 4.69) is 25.3 Å². The average Bonchev–Trinajstić information content (AvgIpc) is 2.18. The molecular formula is C6H5N7. The van der Waals surface area contributed by atoms with Crippen LogP contribution in [0.25, 0.3) is 10.4 Å². The molecular weight excluding hydrogens is 170 g/mol. The van der Waals surface area contributed by atoms with Gasteiger partial charge in [-0.1, -0.05) is 0 Å². The minimum absolute atomic E-state index is 0.00847. The number of anilines is 1. The van der Waals surface area contributed by atoms with Crippen LogP contribution in [0.2, 0.25) is 0 Å². The number of aromatic nitrogens is 2. The first-order chi connectivity index (χ1) is 6.31. The first kappa shape index (κ1) is 8.77. The Bertz CT molecular complexity index is 398. The van der Waals surface area contributed by atoms with Gasteiger partial charge in [-0.05, 0) is 10.6 Å². The van der Waals surface area contributed by atoms with E-state index in [4.69, 9.17) is 10.8 Å². The summed E-state index contributed by atoms with van der Waals surface area (Å²) in [6.07, 6.45) is 1.29. The van der Waals surface area contributed by atoms with E-state index in [1.165, 1.54) is 6.20 Å². The van der Waals surface area contributed by atoms with Crippen molar-refractivity contribution in [3.63, 3.8) is 0 Å². The monoisotopic (exact) mass is 175 g/mol. The largest absolute Gasteiger partial charge is 0.372 e. The summed E-state index contributed by atoms with van der Waals surface area (Å²) in [4.78, 5) is 9.97. The number of nitrogens with one attached hydrogen (secondary N) is 1. The zero-order valence-corrected chi connectivity index (χ0v) is 6.76. The lowest BCUT2D eigenvalue weighted by Gasteiger charge is -2.00. The predicted molar refractivity (Wildman–Crippen MR) is 45.1 cm³/mol. The molecule has 64 valence electrons. The molecule has 1 rings (SSSR count). The van der Waals surface area contributed by atoms with E-state index in [0.29, 0.717) is 11.4 Å².